The van der Waals surface area contributed by atoms with Crippen LogP contribution in [0.25, 0.3) is 0 Å². The summed E-state index contributed by atoms with van der Waals surface area (Å²) in [5.74, 6) is 1.40. The Morgan fingerprint density at radius 3 is 2.68 bits per heavy atom. The summed E-state index contributed by atoms with van der Waals surface area (Å²) < 4.78 is 1.74. The zero-order chi connectivity index (χ0) is 13.7. The van der Waals surface area contributed by atoms with Crippen molar-refractivity contribution in [2.75, 3.05) is 5.32 Å². The van der Waals surface area contributed by atoms with Crippen molar-refractivity contribution in [1.29, 1.82) is 0 Å². The number of hydrogen-bond acceptors (Lipinski definition) is 3. The van der Waals surface area contributed by atoms with Crippen LogP contribution >= 0.6 is 0 Å². The molecule has 0 aromatic carbocycles. The van der Waals surface area contributed by atoms with Crippen LogP contribution < -0.4 is 10.9 Å². The predicted molar refractivity (Wildman–Crippen MR) is 78.4 cm³/mol. The van der Waals surface area contributed by atoms with Gasteiger partial charge in [0.15, 0.2) is 5.82 Å². The number of nitrogens with zero attached hydrogens (tertiary/aromatic N) is 2. The van der Waals surface area contributed by atoms with Gasteiger partial charge in [0, 0.05) is 25.0 Å². The molecule has 0 saturated heterocycles. The van der Waals surface area contributed by atoms with Crippen molar-refractivity contribution < 1.29 is 0 Å². The number of aryl methyl sites for hydroxylation is 1. The van der Waals surface area contributed by atoms with Crippen LogP contribution in [0.2, 0.25) is 0 Å². The molecule has 1 N–H and O–H groups in total. The Kier molecular flexibility index (Phi) is 5.00. The van der Waals surface area contributed by atoms with Crippen molar-refractivity contribution in [2.24, 2.45) is 5.92 Å². The maximum atomic E-state index is 12.2. The van der Waals surface area contributed by atoms with E-state index in [1.165, 1.54) is 19.3 Å². The maximum Gasteiger partial charge on any atom is 0.293 e. The summed E-state index contributed by atoms with van der Waals surface area (Å²) in [4.78, 5) is 16.4. The highest BCUT2D eigenvalue weighted by Crippen LogP contribution is 2.27. The molecule has 1 aromatic heterocycles. The normalized spacial score (nSPS) is 23.3. The highest BCUT2D eigenvalue weighted by molar-refractivity contribution is 5.32. The average molecular weight is 263 g/mol. The van der Waals surface area contributed by atoms with Crippen LogP contribution in [-0.4, -0.2) is 15.6 Å². The van der Waals surface area contributed by atoms with E-state index in [2.05, 4.69) is 24.1 Å². The van der Waals surface area contributed by atoms with Gasteiger partial charge in [-0.2, -0.15) is 0 Å². The number of anilines is 1. The van der Waals surface area contributed by atoms with Crippen LogP contribution in [0.4, 0.5) is 5.82 Å². The summed E-state index contributed by atoms with van der Waals surface area (Å²) in [7, 11) is 0. The minimum Gasteiger partial charge on any atom is -0.363 e. The van der Waals surface area contributed by atoms with Crippen molar-refractivity contribution in [2.45, 2.75) is 65.0 Å². The molecule has 1 saturated carbocycles. The van der Waals surface area contributed by atoms with Gasteiger partial charge in [-0.25, -0.2) is 4.98 Å². The van der Waals surface area contributed by atoms with E-state index in [0.29, 0.717) is 11.9 Å². The van der Waals surface area contributed by atoms with Gasteiger partial charge >= 0.3 is 0 Å². The molecule has 0 bridgehead atoms. The number of hydrogen-bond donors (Lipinski definition) is 1. The Morgan fingerprint density at radius 1 is 1.32 bits per heavy atom. The molecule has 0 atom stereocenters. The van der Waals surface area contributed by atoms with Crippen molar-refractivity contribution in [3.8, 4) is 0 Å². The Labute approximate surface area is 115 Å². The molecule has 0 unspecified atom stereocenters. The molecule has 1 aliphatic rings. The summed E-state index contributed by atoms with van der Waals surface area (Å²) in [6.45, 7) is 5.10. The minimum atomic E-state index is 0.0157. The zero-order valence-electron chi connectivity index (χ0n) is 12.1. The van der Waals surface area contributed by atoms with Gasteiger partial charge in [0.25, 0.3) is 5.56 Å². The van der Waals surface area contributed by atoms with E-state index in [-0.39, 0.29) is 5.56 Å². The lowest BCUT2D eigenvalue weighted by Crippen LogP contribution is -2.31. The van der Waals surface area contributed by atoms with Crippen LogP contribution in [0.1, 0.15) is 52.4 Å². The molecule has 4 heteroatoms. The largest absolute Gasteiger partial charge is 0.363 e. The molecular weight excluding hydrogens is 238 g/mol. The van der Waals surface area contributed by atoms with Gasteiger partial charge in [0.2, 0.25) is 0 Å². The van der Waals surface area contributed by atoms with Crippen molar-refractivity contribution in [3.05, 3.63) is 22.7 Å². The number of aromatic nitrogens is 2. The van der Waals surface area contributed by atoms with Crippen LogP contribution in [-0.2, 0) is 6.54 Å². The van der Waals surface area contributed by atoms with E-state index in [4.69, 9.17) is 0 Å². The van der Waals surface area contributed by atoms with Gasteiger partial charge < -0.3 is 9.88 Å². The first-order valence-electron chi connectivity index (χ1n) is 7.56. The second-order valence-electron chi connectivity index (χ2n) is 5.54. The summed E-state index contributed by atoms with van der Waals surface area (Å²) in [6, 6.07) is 0.417. The van der Waals surface area contributed by atoms with E-state index >= 15 is 0 Å². The van der Waals surface area contributed by atoms with E-state index < -0.39 is 0 Å². The van der Waals surface area contributed by atoms with E-state index in [9.17, 15) is 4.79 Å². The quantitative estimate of drug-likeness (QED) is 0.888. The lowest BCUT2D eigenvalue weighted by molar-refractivity contribution is 0.329. The molecule has 1 aromatic rings. The van der Waals surface area contributed by atoms with Gasteiger partial charge in [-0.15, -0.1) is 0 Å². The first-order valence-corrected chi connectivity index (χ1v) is 7.56. The predicted octanol–water partition coefficient (Wildman–Crippen LogP) is 3.03. The van der Waals surface area contributed by atoms with Gasteiger partial charge in [-0.3, -0.25) is 4.79 Å². The molecule has 0 radical (unpaired) electrons. The fraction of sp³-hybridized carbons (Fsp3) is 0.733. The Morgan fingerprint density at radius 2 is 2.05 bits per heavy atom. The van der Waals surface area contributed by atoms with Crippen LogP contribution in [0.3, 0.4) is 0 Å². The van der Waals surface area contributed by atoms with Gasteiger partial charge in [-0.05, 0) is 38.0 Å². The van der Waals surface area contributed by atoms with E-state index in [0.717, 1.165) is 31.7 Å². The van der Waals surface area contributed by atoms with Crippen LogP contribution in [0.15, 0.2) is 17.2 Å². The van der Waals surface area contributed by atoms with Gasteiger partial charge in [0.1, 0.15) is 0 Å². The second-order valence-corrected chi connectivity index (χ2v) is 5.54. The summed E-state index contributed by atoms with van der Waals surface area (Å²) in [5.41, 5.74) is 0.0157. The summed E-state index contributed by atoms with van der Waals surface area (Å²) in [5, 5.41) is 3.35. The smallest absolute Gasteiger partial charge is 0.293 e. The summed E-state index contributed by atoms with van der Waals surface area (Å²) in [6.07, 6.45) is 10.6. The first kappa shape index (κ1) is 14.1. The number of nitrogens with one attached hydrogen (secondary N) is 1. The molecule has 0 spiro atoms. The monoisotopic (exact) mass is 263 g/mol. The highest BCUT2D eigenvalue weighted by atomic mass is 16.1. The summed E-state index contributed by atoms with van der Waals surface area (Å²) >= 11 is 0. The Bertz CT molecular complexity index is 447. The molecule has 0 amide bonds. The molecule has 1 aliphatic carbocycles. The average Bonchev–Trinajstić information content (AvgIpc) is 2.44. The minimum absolute atomic E-state index is 0.0157. The number of rotatable bonds is 5. The fourth-order valence-electron chi connectivity index (χ4n) is 2.87. The molecule has 1 heterocycles. The molecule has 2 rings (SSSR count). The van der Waals surface area contributed by atoms with E-state index in [1.54, 1.807) is 17.0 Å². The highest BCUT2D eigenvalue weighted by Gasteiger charge is 2.20. The standard InChI is InChI=1S/C15H25N3O/c1-3-10-18-11-9-16-14(15(18)19)17-13-7-5-12(4-2)6-8-13/h9,11-13H,3-8,10H2,1-2H3,(H,16,17). The lowest BCUT2D eigenvalue weighted by Gasteiger charge is -2.28. The molecule has 19 heavy (non-hydrogen) atoms. The Hall–Kier alpha value is -1.32. The molecular formula is C15H25N3O. The fourth-order valence-corrected chi connectivity index (χ4v) is 2.87. The molecule has 1 fully saturated rings. The molecule has 0 aliphatic heterocycles. The Balaban J connectivity index is 2.00. The topological polar surface area (TPSA) is 46.9 Å². The van der Waals surface area contributed by atoms with E-state index in [1.807, 2.05) is 0 Å². The molecule has 106 valence electrons. The van der Waals surface area contributed by atoms with Crippen molar-refractivity contribution in [1.82, 2.24) is 9.55 Å². The lowest BCUT2D eigenvalue weighted by atomic mass is 9.84. The third-order valence-corrected chi connectivity index (χ3v) is 4.14. The van der Waals surface area contributed by atoms with Crippen molar-refractivity contribution in [3.63, 3.8) is 0 Å². The third kappa shape index (κ3) is 3.58. The second kappa shape index (κ2) is 6.73. The zero-order valence-corrected chi connectivity index (χ0v) is 12.1. The van der Waals surface area contributed by atoms with Crippen LogP contribution in [0, 0.1) is 5.92 Å². The maximum absolute atomic E-state index is 12.2. The van der Waals surface area contributed by atoms with Gasteiger partial charge in [0.05, 0.1) is 0 Å². The van der Waals surface area contributed by atoms with Crippen LogP contribution in [0.5, 0.6) is 0 Å². The first-order chi connectivity index (χ1) is 9.24. The van der Waals surface area contributed by atoms with Crippen molar-refractivity contribution >= 4 is 5.82 Å². The molecule has 4 nitrogen and oxygen atoms in total. The SMILES string of the molecule is CCCn1ccnc(NC2CCC(CC)CC2)c1=O. The third-order valence-electron chi connectivity index (χ3n) is 4.14. The van der Waals surface area contributed by atoms with Gasteiger partial charge in [-0.1, -0.05) is 20.3 Å².